The standard InChI is InChI=1S/C10H21NO3S/c1-11-10-5-6-14-8-9(10)4-3-7-15(2,12)13/h9-11H,3-8H2,1-2H3. The van der Waals surface area contributed by atoms with E-state index in [1.807, 2.05) is 7.05 Å². The van der Waals surface area contributed by atoms with Crippen molar-refractivity contribution in [1.29, 1.82) is 0 Å². The van der Waals surface area contributed by atoms with Crippen molar-refractivity contribution in [2.24, 2.45) is 5.92 Å². The van der Waals surface area contributed by atoms with Gasteiger partial charge in [0, 0.05) is 24.7 Å². The summed E-state index contributed by atoms with van der Waals surface area (Å²) in [4.78, 5) is 0. The lowest BCUT2D eigenvalue weighted by Crippen LogP contribution is -2.41. The van der Waals surface area contributed by atoms with E-state index in [1.165, 1.54) is 6.26 Å². The smallest absolute Gasteiger partial charge is 0.147 e. The topological polar surface area (TPSA) is 55.4 Å². The Balaban J connectivity index is 2.29. The van der Waals surface area contributed by atoms with E-state index in [9.17, 15) is 8.42 Å². The van der Waals surface area contributed by atoms with E-state index in [2.05, 4.69) is 5.32 Å². The molecule has 1 saturated heterocycles. The van der Waals surface area contributed by atoms with Crippen LogP contribution >= 0.6 is 0 Å². The molecule has 1 heterocycles. The molecule has 5 heteroatoms. The lowest BCUT2D eigenvalue weighted by molar-refractivity contribution is 0.0306. The maximum atomic E-state index is 11.0. The summed E-state index contributed by atoms with van der Waals surface area (Å²) in [6.07, 6.45) is 3.99. The van der Waals surface area contributed by atoms with Gasteiger partial charge in [-0.05, 0) is 32.2 Å². The quantitative estimate of drug-likeness (QED) is 0.751. The lowest BCUT2D eigenvalue weighted by Gasteiger charge is -2.31. The molecule has 2 unspecified atom stereocenters. The summed E-state index contributed by atoms with van der Waals surface area (Å²) in [6, 6.07) is 0.485. The second-order valence-corrected chi connectivity index (χ2v) is 6.55. The van der Waals surface area contributed by atoms with Gasteiger partial charge in [-0.1, -0.05) is 0 Å². The van der Waals surface area contributed by atoms with E-state index in [4.69, 9.17) is 4.74 Å². The Labute approximate surface area is 92.3 Å². The van der Waals surface area contributed by atoms with Crippen molar-refractivity contribution < 1.29 is 13.2 Å². The van der Waals surface area contributed by atoms with Gasteiger partial charge in [-0.15, -0.1) is 0 Å². The molecular formula is C10H21NO3S. The third-order valence-corrected chi connectivity index (χ3v) is 3.97. The van der Waals surface area contributed by atoms with Crippen molar-refractivity contribution in [3.8, 4) is 0 Å². The van der Waals surface area contributed by atoms with Gasteiger partial charge in [0.15, 0.2) is 0 Å². The van der Waals surface area contributed by atoms with E-state index >= 15 is 0 Å². The van der Waals surface area contributed by atoms with Crippen molar-refractivity contribution in [2.75, 3.05) is 32.3 Å². The molecule has 1 aliphatic heterocycles. The lowest BCUT2D eigenvalue weighted by atomic mass is 9.92. The zero-order valence-electron chi connectivity index (χ0n) is 9.53. The van der Waals surface area contributed by atoms with Crippen LogP contribution < -0.4 is 5.32 Å². The number of ether oxygens (including phenoxy) is 1. The third-order valence-electron chi connectivity index (χ3n) is 2.93. The van der Waals surface area contributed by atoms with Gasteiger partial charge < -0.3 is 10.1 Å². The molecule has 0 aromatic carbocycles. The summed E-state index contributed by atoms with van der Waals surface area (Å²) in [5.41, 5.74) is 0. The SMILES string of the molecule is CNC1CCOCC1CCCS(C)(=O)=O. The largest absolute Gasteiger partial charge is 0.381 e. The molecule has 0 spiro atoms. The fourth-order valence-corrected chi connectivity index (χ4v) is 2.76. The van der Waals surface area contributed by atoms with Crippen LogP contribution in [0.3, 0.4) is 0 Å². The van der Waals surface area contributed by atoms with E-state index in [1.54, 1.807) is 0 Å². The minimum atomic E-state index is -2.81. The van der Waals surface area contributed by atoms with Gasteiger partial charge in [0.2, 0.25) is 0 Å². The molecule has 0 radical (unpaired) electrons. The summed E-state index contributed by atoms with van der Waals surface area (Å²) in [7, 11) is -0.852. The molecule has 4 nitrogen and oxygen atoms in total. The number of sulfone groups is 1. The molecule has 0 saturated carbocycles. The monoisotopic (exact) mass is 235 g/mol. The zero-order valence-corrected chi connectivity index (χ0v) is 10.3. The highest BCUT2D eigenvalue weighted by atomic mass is 32.2. The molecule has 0 aromatic heterocycles. The van der Waals surface area contributed by atoms with E-state index in [0.29, 0.717) is 17.7 Å². The molecule has 1 aliphatic rings. The van der Waals surface area contributed by atoms with Crippen molar-refractivity contribution in [2.45, 2.75) is 25.3 Å². The Morgan fingerprint density at radius 3 is 2.80 bits per heavy atom. The van der Waals surface area contributed by atoms with E-state index < -0.39 is 9.84 Å². The highest BCUT2D eigenvalue weighted by Crippen LogP contribution is 2.19. The summed E-state index contributed by atoms with van der Waals surface area (Å²) >= 11 is 0. The molecule has 2 atom stereocenters. The van der Waals surface area contributed by atoms with E-state index in [-0.39, 0.29) is 0 Å². The van der Waals surface area contributed by atoms with Gasteiger partial charge in [0.05, 0.1) is 6.61 Å². The summed E-state index contributed by atoms with van der Waals surface area (Å²) in [5, 5.41) is 3.27. The number of nitrogens with one attached hydrogen (secondary N) is 1. The van der Waals surface area contributed by atoms with Crippen LogP contribution in [0.15, 0.2) is 0 Å². The van der Waals surface area contributed by atoms with Gasteiger partial charge in [0.1, 0.15) is 9.84 Å². The van der Waals surface area contributed by atoms with Crippen LogP contribution in [0.5, 0.6) is 0 Å². The Hall–Kier alpha value is -0.130. The average Bonchev–Trinajstić information content (AvgIpc) is 2.16. The number of hydrogen-bond acceptors (Lipinski definition) is 4. The number of hydrogen-bond donors (Lipinski definition) is 1. The first-order valence-corrected chi connectivity index (χ1v) is 7.51. The fraction of sp³-hybridized carbons (Fsp3) is 1.00. The molecule has 0 aliphatic carbocycles. The molecule has 1 fully saturated rings. The predicted octanol–water partition coefficient (Wildman–Crippen LogP) is 0.436. The average molecular weight is 235 g/mol. The molecule has 0 aromatic rings. The molecule has 1 rings (SSSR count). The Morgan fingerprint density at radius 2 is 2.20 bits per heavy atom. The molecule has 1 N–H and O–H groups in total. The maximum absolute atomic E-state index is 11.0. The van der Waals surface area contributed by atoms with E-state index in [0.717, 1.165) is 32.5 Å². The van der Waals surface area contributed by atoms with Gasteiger partial charge in [0.25, 0.3) is 0 Å². The van der Waals surface area contributed by atoms with Gasteiger partial charge in [-0.2, -0.15) is 0 Å². The van der Waals surface area contributed by atoms with Crippen LogP contribution in [0.2, 0.25) is 0 Å². The first-order valence-electron chi connectivity index (χ1n) is 5.45. The van der Waals surface area contributed by atoms with Crippen LogP contribution in [0, 0.1) is 5.92 Å². The Kier molecular flexibility index (Phi) is 5.02. The minimum Gasteiger partial charge on any atom is -0.381 e. The highest BCUT2D eigenvalue weighted by Gasteiger charge is 2.24. The molecule has 0 amide bonds. The van der Waals surface area contributed by atoms with Gasteiger partial charge >= 0.3 is 0 Å². The van der Waals surface area contributed by atoms with Gasteiger partial charge in [-0.25, -0.2) is 8.42 Å². The molecular weight excluding hydrogens is 214 g/mol. The second-order valence-electron chi connectivity index (χ2n) is 4.29. The van der Waals surface area contributed by atoms with Crippen molar-refractivity contribution in [1.82, 2.24) is 5.32 Å². The van der Waals surface area contributed by atoms with Crippen LogP contribution in [-0.2, 0) is 14.6 Å². The normalized spacial score (nSPS) is 27.9. The highest BCUT2D eigenvalue weighted by molar-refractivity contribution is 7.90. The Morgan fingerprint density at radius 1 is 1.47 bits per heavy atom. The summed E-state index contributed by atoms with van der Waals surface area (Å²) < 4.78 is 27.4. The second kappa shape index (κ2) is 5.82. The predicted molar refractivity (Wildman–Crippen MR) is 60.7 cm³/mol. The molecule has 15 heavy (non-hydrogen) atoms. The molecule has 0 bridgehead atoms. The minimum absolute atomic E-state index is 0.292. The third kappa shape index (κ3) is 4.95. The van der Waals surface area contributed by atoms with Crippen LogP contribution in [0.4, 0.5) is 0 Å². The van der Waals surface area contributed by atoms with Crippen LogP contribution in [0.25, 0.3) is 0 Å². The fourth-order valence-electron chi connectivity index (χ4n) is 2.07. The van der Waals surface area contributed by atoms with Gasteiger partial charge in [-0.3, -0.25) is 0 Å². The zero-order chi connectivity index (χ0) is 11.3. The van der Waals surface area contributed by atoms with Crippen LogP contribution in [0.1, 0.15) is 19.3 Å². The maximum Gasteiger partial charge on any atom is 0.147 e. The summed E-state index contributed by atoms with van der Waals surface area (Å²) in [5.74, 6) is 0.755. The van der Waals surface area contributed by atoms with Crippen molar-refractivity contribution in [3.63, 3.8) is 0 Å². The van der Waals surface area contributed by atoms with Crippen LogP contribution in [-0.4, -0.2) is 46.7 Å². The number of rotatable bonds is 5. The first-order chi connectivity index (χ1) is 7.03. The first kappa shape index (κ1) is 12.9. The van der Waals surface area contributed by atoms with Crippen molar-refractivity contribution >= 4 is 9.84 Å². The Bertz CT molecular complexity index is 276. The summed E-state index contributed by atoms with van der Waals surface area (Å²) in [6.45, 7) is 1.57. The van der Waals surface area contributed by atoms with Crippen molar-refractivity contribution in [3.05, 3.63) is 0 Å². The molecule has 90 valence electrons.